The van der Waals surface area contributed by atoms with Crippen molar-refractivity contribution in [1.82, 2.24) is 9.97 Å². The first-order chi connectivity index (χ1) is 13.2. The largest absolute Gasteiger partial charge is 0.416 e. The summed E-state index contributed by atoms with van der Waals surface area (Å²) in [5.41, 5.74) is 8.82. The zero-order valence-electron chi connectivity index (χ0n) is 14.6. The van der Waals surface area contributed by atoms with Crippen LogP contribution in [0.3, 0.4) is 0 Å². The van der Waals surface area contributed by atoms with Crippen LogP contribution in [-0.4, -0.2) is 27.8 Å². The quantitative estimate of drug-likeness (QED) is 0.337. The molecule has 0 fully saturated rings. The Bertz CT molecular complexity index is 922. The number of thiocarbonyl (C=S) groups is 1. The van der Waals surface area contributed by atoms with Crippen LogP contribution in [0.25, 0.3) is 0 Å². The van der Waals surface area contributed by atoms with Gasteiger partial charge in [0.15, 0.2) is 10.8 Å². The number of rotatable bonds is 8. The van der Waals surface area contributed by atoms with E-state index in [4.69, 9.17) is 27.5 Å². The van der Waals surface area contributed by atoms with Crippen LogP contribution in [-0.2, 0) is 17.7 Å². The Balaban J connectivity index is 1.57. The number of aromatic nitrogens is 2. The molecule has 2 aromatic heterocycles. The molecule has 0 amide bonds. The minimum absolute atomic E-state index is 0.146. The fourth-order valence-electron chi connectivity index (χ4n) is 2.37. The first-order valence-electron chi connectivity index (χ1n) is 8.18. The molecule has 0 radical (unpaired) electrons. The van der Waals surface area contributed by atoms with Crippen LogP contribution in [0, 0.1) is 0 Å². The molecule has 0 saturated carbocycles. The van der Waals surface area contributed by atoms with Crippen LogP contribution in [0.4, 0.5) is 5.13 Å². The lowest BCUT2D eigenvalue weighted by Gasteiger charge is -2.04. The van der Waals surface area contributed by atoms with Gasteiger partial charge in [-0.15, -0.1) is 11.3 Å². The van der Waals surface area contributed by atoms with Gasteiger partial charge in [0.25, 0.3) is 5.19 Å². The van der Waals surface area contributed by atoms with Gasteiger partial charge in [-0.2, -0.15) is 0 Å². The second-order valence-corrected chi connectivity index (χ2v) is 7.61. The summed E-state index contributed by atoms with van der Waals surface area (Å²) >= 11 is 8.03. The maximum absolute atomic E-state index is 5.69. The second kappa shape index (κ2) is 9.54. The summed E-state index contributed by atoms with van der Waals surface area (Å²) in [6.45, 7) is 0. The Labute approximate surface area is 170 Å². The molecule has 9 heteroatoms. The summed E-state index contributed by atoms with van der Waals surface area (Å²) < 4.78 is 5.69. The van der Waals surface area contributed by atoms with Crippen molar-refractivity contribution in [3.63, 3.8) is 0 Å². The first-order valence-corrected chi connectivity index (χ1v) is 10.4. The monoisotopic (exact) mass is 418 g/mol. The summed E-state index contributed by atoms with van der Waals surface area (Å²) in [5, 5.41) is 8.68. The molecule has 6 nitrogen and oxygen atoms in total. The number of nitrogens with two attached hydrogens (primary N) is 1. The van der Waals surface area contributed by atoms with Gasteiger partial charge in [-0.05, 0) is 37.0 Å². The van der Waals surface area contributed by atoms with Gasteiger partial charge in [-0.3, -0.25) is 0 Å². The number of anilines is 1. The van der Waals surface area contributed by atoms with E-state index in [1.807, 2.05) is 11.4 Å². The predicted molar refractivity (Wildman–Crippen MR) is 114 cm³/mol. The minimum atomic E-state index is 0.146. The molecule has 0 aliphatic heterocycles. The summed E-state index contributed by atoms with van der Waals surface area (Å²) in [5.74, 6) is 0. The van der Waals surface area contributed by atoms with E-state index in [0.717, 1.165) is 25.0 Å². The number of ether oxygens (including phenoxy) is 1. The lowest BCUT2D eigenvalue weighted by atomic mass is 10.1. The SMILES string of the molecule is CO/N=C(\C(=S)Oc1nc(CCCc2ccccc2)cs1)c1csc(N)n1. The first kappa shape index (κ1) is 19.4. The van der Waals surface area contributed by atoms with Gasteiger partial charge < -0.3 is 15.3 Å². The maximum atomic E-state index is 5.69. The molecule has 27 heavy (non-hydrogen) atoms. The third kappa shape index (κ3) is 5.56. The van der Waals surface area contributed by atoms with Gasteiger partial charge in [0, 0.05) is 10.8 Å². The Morgan fingerprint density at radius 3 is 2.67 bits per heavy atom. The standard InChI is InChI=1S/C18H18N4O2S3/c1-23-22-15(14-11-26-17(19)21-14)16(25)24-18-20-13(10-27-18)9-5-8-12-6-3-2-4-7-12/h2-4,6-7,10-11H,5,8-9H2,1H3,(H2,19,21)/b22-15-. The molecule has 140 valence electrons. The van der Waals surface area contributed by atoms with E-state index in [1.54, 1.807) is 5.38 Å². The Hall–Kier alpha value is -2.36. The van der Waals surface area contributed by atoms with Gasteiger partial charge in [-0.25, -0.2) is 9.97 Å². The molecule has 0 aliphatic carbocycles. The van der Waals surface area contributed by atoms with Crippen LogP contribution in [0.1, 0.15) is 23.4 Å². The molecule has 0 unspecified atom stereocenters. The van der Waals surface area contributed by atoms with Crippen molar-refractivity contribution in [3.8, 4) is 5.19 Å². The zero-order chi connectivity index (χ0) is 19.1. The van der Waals surface area contributed by atoms with Crippen molar-refractivity contribution in [1.29, 1.82) is 0 Å². The molecule has 0 atom stereocenters. The van der Waals surface area contributed by atoms with Gasteiger partial charge in [0.05, 0.1) is 5.69 Å². The fourth-order valence-corrected chi connectivity index (χ4v) is 3.90. The molecular formula is C18H18N4O2S3. The van der Waals surface area contributed by atoms with Crippen LogP contribution < -0.4 is 10.5 Å². The summed E-state index contributed by atoms with van der Waals surface area (Å²) in [6.07, 6.45) is 2.91. The lowest BCUT2D eigenvalue weighted by Crippen LogP contribution is -2.20. The Morgan fingerprint density at radius 1 is 1.15 bits per heavy atom. The predicted octanol–water partition coefficient (Wildman–Crippen LogP) is 4.11. The average molecular weight is 419 g/mol. The van der Waals surface area contributed by atoms with Gasteiger partial charge in [0.2, 0.25) is 5.05 Å². The number of nitrogen functional groups attached to an aromatic ring is 1. The molecule has 0 aliphatic rings. The van der Waals surface area contributed by atoms with Crippen molar-refractivity contribution in [3.05, 3.63) is 58.0 Å². The van der Waals surface area contributed by atoms with Gasteiger partial charge >= 0.3 is 0 Å². The highest BCUT2D eigenvalue weighted by Crippen LogP contribution is 2.21. The summed E-state index contributed by atoms with van der Waals surface area (Å²) in [6, 6.07) is 10.4. The van der Waals surface area contributed by atoms with E-state index < -0.39 is 0 Å². The normalized spacial score (nSPS) is 11.4. The molecule has 2 heterocycles. The molecule has 1 aromatic carbocycles. The minimum Gasteiger partial charge on any atom is -0.416 e. The average Bonchev–Trinajstić information content (AvgIpc) is 3.29. The van der Waals surface area contributed by atoms with Crippen LogP contribution in [0.15, 0.2) is 46.2 Å². The van der Waals surface area contributed by atoms with Crippen LogP contribution >= 0.6 is 34.9 Å². The fraction of sp³-hybridized carbons (Fsp3) is 0.222. The van der Waals surface area contributed by atoms with Crippen molar-refractivity contribution in [2.24, 2.45) is 5.16 Å². The van der Waals surface area contributed by atoms with E-state index in [2.05, 4.69) is 39.4 Å². The van der Waals surface area contributed by atoms with Crippen molar-refractivity contribution in [2.45, 2.75) is 19.3 Å². The smallest absolute Gasteiger partial charge is 0.279 e. The van der Waals surface area contributed by atoms with Crippen molar-refractivity contribution < 1.29 is 9.57 Å². The number of hydrogen-bond donors (Lipinski definition) is 1. The van der Waals surface area contributed by atoms with Crippen molar-refractivity contribution in [2.75, 3.05) is 12.8 Å². The van der Waals surface area contributed by atoms with Gasteiger partial charge in [0.1, 0.15) is 12.8 Å². The molecule has 0 bridgehead atoms. The third-order valence-electron chi connectivity index (χ3n) is 3.59. The Morgan fingerprint density at radius 2 is 1.96 bits per heavy atom. The molecule has 3 aromatic rings. The van der Waals surface area contributed by atoms with E-state index in [-0.39, 0.29) is 5.05 Å². The van der Waals surface area contributed by atoms with Crippen molar-refractivity contribution >= 4 is 50.8 Å². The molecule has 2 N–H and O–H groups in total. The lowest BCUT2D eigenvalue weighted by molar-refractivity contribution is 0.214. The third-order valence-corrected chi connectivity index (χ3v) is 5.31. The van der Waals surface area contributed by atoms with E-state index in [0.29, 0.717) is 21.7 Å². The second-order valence-electron chi connectivity index (χ2n) is 5.53. The number of nitrogens with zero attached hydrogens (tertiary/aromatic N) is 3. The Kier molecular flexibility index (Phi) is 6.86. The van der Waals surface area contributed by atoms with Gasteiger partial charge in [-0.1, -0.05) is 46.8 Å². The van der Waals surface area contributed by atoms with Crippen LogP contribution in [0.5, 0.6) is 5.19 Å². The number of hydrogen-bond acceptors (Lipinski definition) is 9. The number of benzene rings is 1. The molecule has 3 rings (SSSR count). The summed E-state index contributed by atoms with van der Waals surface area (Å²) in [4.78, 5) is 13.5. The topological polar surface area (TPSA) is 82.6 Å². The highest BCUT2D eigenvalue weighted by atomic mass is 32.1. The van der Waals surface area contributed by atoms with E-state index >= 15 is 0 Å². The molecule has 0 spiro atoms. The molecular weight excluding hydrogens is 400 g/mol. The van der Waals surface area contributed by atoms with Crippen LogP contribution in [0.2, 0.25) is 0 Å². The highest BCUT2D eigenvalue weighted by molar-refractivity contribution is 7.81. The molecule has 0 saturated heterocycles. The highest BCUT2D eigenvalue weighted by Gasteiger charge is 2.18. The van der Waals surface area contributed by atoms with E-state index in [9.17, 15) is 0 Å². The maximum Gasteiger partial charge on any atom is 0.279 e. The van der Waals surface area contributed by atoms with E-state index in [1.165, 1.54) is 35.3 Å². The zero-order valence-corrected chi connectivity index (χ0v) is 17.1. The number of aryl methyl sites for hydroxylation is 2. The number of thiazole rings is 2. The summed E-state index contributed by atoms with van der Waals surface area (Å²) in [7, 11) is 1.44. The number of oxime groups is 1.